The number of amides is 1. The van der Waals surface area contributed by atoms with Gasteiger partial charge in [-0.3, -0.25) is 14.9 Å². The molecule has 2 aromatic rings. The van der Waals surface area contributed by atoms with Crippen molar-refractivity contribution < 1.29 is 19.2 Å². The van der Waals surface area contributed by atoms with Gasteiger partial charge in [0.2, 0.25) is 0 Å². The van der Waals surface area contributed by atoms with Crippen molar-refractivity contribution in [3.63, 3.8) is 0 Å². The molecular weight excluding hydrogens is 395 g/mol. The zero-order valence-electron chi connectivity index (χ0n) is 12.3. The van der Waals surface area contributed by atoms with Crippen molar-refractivity contribution in [2.45, 2.75) is 0 Å². The Morgan fingerprint density at radius 2 is 1.72 bits per heavy atom. The Kier molecular flexibility index (Phi) is 6.19. The molecule has 0 atom stereocenters. The topological polar surface area (TPSA) is 98.5 Å². The Morgan fingerprint density at radius 1 is 1.08 bits per heavy atom. The molecule has 0 radical (unpaired) electrons. The van der Waals surface area contributed by atoms with Crippen LogP contribution in [0.4, 0.5) is 11.4 Å². The maximum atomic E-state index is 12.0. The third-order valence-electron chi connectivity index (χ3n) is 2.91. The molecule has 0 unspecified atom stereocenters. The highest BCUT2D eigenvalue weighted by Gasteiger charge is 2.22. The fourth-order valence-electron chi connectivity index (χ4n) is 1.82. The zero-order chi connectivity index (χ0) is 18.6. The molecule has 7 nitrogen and oxygen atoms in total. The van der Waals surface area contributed by atoms with E-state index in [0.717, 1.165) is 12.1 Å². The van der Waals surface area contributed by atoms with Gasteiger partial charge in [-0.05, 0) is 30.3 Å². The second-order valence-electron chi connectivity index (χ2n) is 4.67. The molecule has 1 N–H and O–H groups in total. The van der Waals surface area contributed by atoms with Crippen molar-refractivity contribution in [2.24, 2.45) is 0 Å². The number of anilines is 1. The smallest absolute Gasteiger partial charge is 0.345 e. The third kappa shape index (κ3) is 5.06. The molecule has 0 aliphatic carbocycles. The van der Waals surface area contributed by atoms with Crippen LogP contribution in [-0.4, -0.2) is 23.4 Å². The first-order chi connectivity index (χ1) is 11.8. The van der Waals surface area contributed by atoms with Gasteiger partial charge < -0.3 is 10.1 Å². The molecule has 0 spiro atoms. The van der Waals surface area contributed by atoms with Gasteiger partial charge >= 0.3 is 5.97 Å². The minimum absolute atomic E-state index is 0.0941. The predicted molar refractivity (Wildman–Crippen MR) is 93.5 cm³/mol. The summed E-state index contributed by atoms with van der Waals surface area (Å²) in [5.74, 6) is -1.72. The molecule has 0 fully saturated rings. The summed E-state index contributed by atoms with van der Waals surface area (Å²) in [6.07, 6.45) is 0. The van der Waals surface area contributed by atoms with Crippen LogP contribution in [0.1, 0.15) is 10.4 Å². The lowest BCUT2D eigenvalue weighted by Gasteiger charge is -2.08. The minimum Gasteiger partial charge on any atom is -0.452 e. The van der Waals surface area contributed by atoms with Crippen LogP contribution in [0.2, 0.25) is 15.1 Å². The third-order valence-corrected chi connectivity index (χ3v) is 3.71. The fraction of sp³-hybridized carbons (Fsp3) is 0.0667. The molecule has 2 rings (SSSR count). The first kappa shape index (κ1) is 19.0. The van der Waals surface area contributed by atoms with Crippen LogP contribution in [-0.2, 0) is 9.53 Å². The Bertz CT molecular complexity index is 857. The van der Waals surface area contributed by atoms with E-state index in [1.807, 2.05) is 0 Å². The lowest BCUT2D eigenvalue weighted by atomic mass is 10.2. The van der Waals surface area contributed by atoms with Crippen molar-refractivity contribution >= 4 is 58.1 Å². The first-order valence-corrected chi connectivity index (χ1v) is 7.77. The SMILES string of the molecule is O=C(COC(=O)c1ccc(Cl)cc1[N+](=O)[O-])Nc1cc(Cl)ccc1Cl. The summed E-state index contributed by atoms with van der Waals surface area (Å²) in [6.45, 7) is -0.665. The van der Waals surface area contributed by atoms with Gasteiger partial charge in [0.15, 0.2) is 6.61 Å². The van der Waals surface area contributed by atoms with Crippen LogP contribution in [0.15, 0.2) is 36.4 Å². The monoisotopic (exact) mass is 402 g/mol. The Hall–Kier alpha value is -2.35. The lowest BCUT2D eigenvalue weighted by molar-refractivity contribution is -0.385. The highest BCUT2D eigenvalue weighted by atomic mass is 35.5. The molecule has 0 aliphatic rings. The molecule has 1 amide bonds. The first-order valence-electron chi connectivity index (χ1n) is 6.64. The maximum Gasteiger partial charge on any atom is 0.345 e. The van der Waals surface area contributed by atoms with Crippen molar-refractivity contribution in [2.75, 3.05) is 11.9 Å². The molecule has 2 aromatic carbocycles. The van der Waals surface area contributed by atoms with E-state index in [0.29, 0.717) is 5.02 Å². The number of hydrogen-bond acceptors (Lipinski definition) is 5. The molecule has 130 valence electrons. The number of ether oxygens (including phenoxy) is 1. The number of halogens is 3. The van der Waals surface area contributed by atoms with Gasteiger partial charge in [0.05, 0.1) is 15.6 Å². The molecule has 25 heavy (non-hydrogen) atoms. The molecule has 0 aromatic heterocycles. The van der Waals surface area contributed by atoms with Crippen molar-refractivity contribution in [1.29, 1.82) is 0 Å². The largest absolute Gasteiger partial charge is 0.452 e. The van der Waals surface area contributed by atoms with Gasteiger partial charge in [-0.15, -0.1) is 0 Å². The van der Waals surface area contributed by atoms with E-state index in [-0.39, 0.29) is 21.3 Å². The van der Waals surface area contributed by atoms with Crippen LogP contribution in [0, 0.1) is 10.1 Å². The number of nitro groups is 1. The Labute approximate surface area is 156 Å². The minimum atomic E-state index is -1.03. The van der Waals surface area contributed by atoms with E-state index in [1.165, 1.54) is 18.2 Å². The van der Waals surface area contributed by atoms with E-state index in [9.17, 15) is 19.7 Å². The average molecular weight is 404 g/mol. The summed E-state index contributed by atoms with van der Waals surface area (Å²) in [7, 11) is 0. The molecule has 10 heteroatoms. The number of hydrogen-bond donors (Lipinski definition) is 1. The number of esters is 1. The summed E-state index contributed by atoms with van der Waals surface area (Å²) in [4.78, 5) is 34.0. The number of rotatable bonds is 5. The molecule has 0 bridgehead atoms. The molecular formula is C15H9Cl3N2O5. The van der Waals surface area contributed by atoms with E-state index in [1.54, 1.807) is 6.07 Å². The summed E-state index contributed by atoms with van der Waals surface area (Å²) >= 11 is 17.4. The molecule has 0 saturated heterocycles. The van der Waals surface area contributed by atoms with Gasteiger partial charge in [-0.2, -0.15) is 0 Å². The Morgan fingerprint density at radius 3 is 2.40 bits per heavy atom. The fourth-order valence-corrected chi connectivity index (χ4v) is 2.32. The summed E-state index contributed by atoms with van der Waals surface area (Å²) in [5.41, 5.74) is -0.591. The highest BCUT2D eigenvalue weighted by Crippen LogP contribution is 2.26. The lowest BCUT2D eigenvalue weighted by Crippen LogP contribution is -2.21. The standard InChI is InChI=1S/C15H9Cl3N2O5/c16-8-2-4-11(18)12(5-8)19-14(21)7-25-15(22)10-3-1-9(17)6-13(10)20(23)24/h1-6H,7H2,(H,19,21). The quantitative estimate of drug-likeness (QED) is 0.454. The number of nitrogens with zero attached hydrogens (tertiary/aromatic N) is 1. The van der Waals surface area contributed by atoms with Gasteiger partial charge in [-0.25, -0.2) is 4.79 Å². The van der Waals surface area contributed by atoms with Gasteiger partial charge in [-0.1, -0.05) is 34.8 Å². The maximum absolute atomic E-state index is 12.0. The summed E-state index contributed by atoms with van der Waals surface area (Å²) < 4.78 is 4.79. The molecule has 0 saturated carbocycles. The van der Waals surface area contributed by atoms with Crippen LogP contribution in [0.25, 0.3) is 0 Å². The van der Waals surface area contributed by atoms with E-state index < -0.39 is 29.1 Å². The van der Waals surface area contributed by atoms with E-state index in [4.69, 9.17) is 39.5 Å². The van der Waals surface area contributed by atoms with Crippen LogP contribution in [0.3, 0.4) is 0 Å². The Balaban J connectivity index is 2.04. The van der Waals surface area contributed by atoms with Crippen molar-refractivity contribution in [1.82, 2.24) is 0 Å². The van der Waals surface area contributed by atoms with Crippen molar-refractivity contribution in [3.8, 4) is 0 Å². The molecule has 0 aliphatic heterocycles. The van der Waals surface area contributed by atoms with Crippen LogP contribution < -0.4 is 5.32 Å². The van der Waals surface area contributed by atoms with Gasteiger partial charge in [0, 0.05) is 16.1 Å². The number of nitrogens with one attached hydrogen (secondary N) is 1. The van der Waals surface area contributed by atoms with E-state index in [2.05, 4.69) is 5.32 Å². The predicted octanol–water partition coefficient (Wildman–Crippen LogP) is 4.35. The normalized spacial score (nSPS) is 10.2. The van der Waals surface area contributed by atoms with Crippen molar-refractivity contribution in [3.05, 3.63) is 67.1 Å². The number of carbonyl (C=O) groups excluding carboxylic acids is 2. The van der Waals surface area contributed by atoms with E-state index >= 15 is 0 Å². The average Bonchev–Trinajstić information content (AvgIpc) is 2.56. The summed E-state index contributed by atoms with van der Waals surface area (Å²) in [5, 5.41) is 14.1. The highest BCUT2D eigenvalue weighted by molar-refractivity contribution is 6.35. The zero-order valence-corrected chi connectivity index (χ0v) is 14.6. The number of benzene rings is 2. The second kappa shape index (κ2) is 8.15. The van der Waals surface area contributed by atoms with Crippen LogP contribution >= 0.6 is 34.8 Å². The van der Waals surface area contributed by atoms with Gasteiger partial charge in [0.25, 0.3) is 11.6 Å². The molecule has 0 heterocycles. The van der Waals surface area contributed by atoms with Gasteiger partial charge in [0.1, 0.15) is 5.56 Å². The summed E-state index contributed by atoms with van der Waals surface area (Å²) in [6, 6.07) is 7.92. The van der Waals surface area contributed by atoms with Crippen LogP contribution in [0.5, 0.6) is 0 Å². The number of nitro benzene ring substituents is 1. The second-order valence-corrected chi connectivity index (χ2v) is 5.95. The number of carbonyl (C=O) groups is 2.